The van der Waals surface area contributed by atoms with E-state index in [0.29, 0.717) is 6.42 Å². The Hall–Kier alpha value is -0.520. The van der Waals surface area contributed by atoms with Crippen LogP contribution in [0.2, 0.25) is 5.02 Å². The maximum absolute atomic E-state index is 12.9. The van der Waals surface area contributed by atoms with E-state index in [-0.39, 0.29) is 22.3 Å². The normalized spacial score (nSPS) is 11.4. The topological polar surface area (TPSA) is 46.2 Å². The summed E-state index contributed by atoms with van der Waals surface area (Å²) in [5.41, 5.74) is 0.111. The summed E-state index contributed by atoms with van der Waals surface area (Å²) < 4.78 is 38.0. The van der Waals surface area contributed by atoms with Crippen LogP contribution in [0.5, 0.6) is 0 Å². The van der Waals surface area contributed by atoms with Crippen LogP contribution in [-0.2, 0) is 10.0 Å². The molecular formula is C9H10Cl2FNO2S. The zero-order valence-electron chi connectivity index (χ0n) is 8.21. The summed E-state index contributed by atoms with van der Waals surface area (Å²) in [5, 5.41) is 0.134. The van der Waals surface area contributed by atoms with Crippen LogP contribution >= 0.6 is 23.2 Å². The van der Waals surface area contributed by atoms with Crippen LogP contribution in [0.25, 0.3) is 0 Å². The highest BCUT2D eigenvalue weighted by molar-refractivity contribution is 7.92. The molecule has 0 bridgehead atoms. The fraction of sp³-hybridized carbons (Fsp3) is 0.333. The number of alkyl halides is 1. The monoisotopic (exact) mass is 285 g/mol. The van der Waals surface area contributed by atoms with Crippen LogP contribution < -0.4 is 4.72 Å². The van der Waals surface area contributed by atoms with E-state index in [4.69, 9.17) is 23.2 Å². The summed E-state index contributed by atoms with van der Waals surface area (Å²) in [6.45, 7) is 0. The highest BCUT2D eigenvalue weighted by atomic mass is 35.5. The second-order valence-corrected chi connectivity index (χ2v) is 5.78. The van der Waals surface area contributed by atoms with E-state index in [0.717, 1.165) is 12.1 Å². The van der Waals surface area contributed by atoms with Gasteiger partial charge in [-0.1, -0.05) is 11.6 Å². The SMILES string of the molecule is O=S(=O)(CCCCl)Nc1cc(F)cc(Cl)c1. The lowest BCUT2D eigenvalue weighted by Gasteiger charge is -2.07. The summed E-state index contributed by atoms with van der Waals surface area (Å²) in [7, 11) is -3.49. The number of nitrogens with one attached hydrogen (secondary N) is 1. The molecule has 1 aromatic rings. The minimum Gasteiger partial charge on any atom is -0.283 e. The number of hydrogen-bond acceptors (Lipinski definition) is 2. The van der Waals surface area contributed by atoms with Gasteiger partial charge in [0.05, 0.1) is 11.4 Å². The van der Waals surface area contributed by atoms with Crippen molar-refractivity contribution >= 4 is 38.9 Å². The van der Waals surface area contributed by atoms with E-state index >= 15 is 0 Å². The van der Waals surface area contributed by atoms with Gasteiger partial charge >= 0.3 is 0 Å². The fourth-order valence-electron chi connectivity index (χ4n) is 1.09. The van der Waals surface area contributed by atoms with Gasteiger partial charge in [-0.2, -0.15) is 0 Å². The van der Waals surface area contributed by atoms with E-state index in [1.807, 2.05) is 0 Å². The second kappa shape index (κ2) is 5.70. The van der Waals surface area contributed by atoms with Crippen molar-refractivity contribution in [2.24, 2.45) is 0 Å². The molecule has 0 amide bonds. The molecule has 0 aliphatic carbocycles. The number of hydrogen-bond donors (Lipinski definition) is 1. The molecule has 0 saturated heterocycles. The van der Waals surface area contributed by atoms with Crippen molar-refractivity contribution in [3.8, 4) is 0 Å². The Bertz CT molecular complexity index is 444. The highest BCUT2D eigenvalue weighted by Gasteiger charge is 2.10. The lowest BCUT2D eigenvalue weighted by Crippen LogP contribution is -2.17. The number of halogens is 3. The Kier molecular flexibility index (Phi) is 4.83. The molecule has 7 heteroatoms. The summed E-state index contributed by atoms with van der Waals surface area (Å²) in [6, 6.07) is 3.49. The van der Waals surface area contributed by atoms with Crippen molar-refractivity contribution in [2.75, 3.05) is 16.4 Å². The predicted octanol–water partition coefficient (Wildman–Crippen LogP) is 2.85. The average Bonchev–Trinajstić information content (AvgIpc) is 2.12. The molecular weight excluding hydrogens is 276 g/mol. The third-order valence-electron chi connectivity index (χ3n) is 1.68. The summed E-state index contributed by atoms with van der Waals surface area (Å²) in [6.07, 6.45) is 0.333. The molecule has 0 saturated carbocycles. The molecule has 0 aliphatic rings. The van der Waals surface area contributed by atoms with Gasteiger partial charge in [-0.25, -0.2) is 12.8 Å². The molecule has 0 atom stereocenters. The molecule has 0 unspecified atom stereocenters. The maximum atomic E-state index is 12.9. The Morgan fingerprint density at radius 1 is 1.31 bits per heavy atom. The van der Waals surface area contributed by atoms with Crippen molar-refractivity contribution in [3.63, 3.8) is 0 Å². The van der Waals surface area contributed by atoms with E-state index in [1.54, 1.807) is 0 Å². The summed E-state index contributed by atoms with van der Waals surface area (Å²) in [5.74, 6) is -0.447. The Balaban J connectivity index is 2.80. The maximum Gasteiger partial charge on any atom is 0.232 e. The zero-order chi connectivity index (χ0) is 12.2. The molecule has 0 aromatic heterocycles. The quantitative estimate of drug-likeness (QED) is 0.846. The van der Waals surface area contributed by atoms with Gasteiger partial charge < -0.3 is 0 Å². The minimum atomic E-state index is -3.49. The van der Waals surface area contributed by atoms with Gasteiger partial charge in [0.1, 0.15) is 5.82 Å². The number of rotatable bonds is 5. The third kappa shape index (κ3) is 4.55. The van der Waals surface area contributed by atoms with Crippen LogP contribution in [0, 0.1) is 5.82 Å². The van der Waals surface area contributed by atoms with E-state index in [2.05, 4.69) is 4.72 Å². The summed E-state index contributed by atoms with van der Waals surface area (Å²) in [4.78, 5) is 0. The molecule has 3 nitrogen and oxygen atoms in total. The summed E-state index contributed by atoms with van der Waals surface area (Å²) >= 11 is 11.0. The number of anilines is 1. The van der Waals surface area contributed by atoms with E-state index in [1.165, 1.54) is 6.07 Å². The molecule has 0 heterocycles. The van der Waals surface area contributed by atoms with Crippen LogP contribution in [0.15, 0.2) is 18.2 Å². The first-order valence-electron chi connectivity index (χ1n) is 4.45. The van der Waals surface area contributed by atoms with Crippen molar-refractivity contribution in [2.45, 2.75) is 6.42 Å². The van der Waals surface area contributed by atoms with Crippen LogP contribution in [0.1, 0.15) is 6.42 Å². The first-order valence-corrected chi connectivity index (χ1v) is 7.02. The standard InChI is InChI=1S/C9H10Cl2FNO2S/c10-2-1-3-16(14,15)13-9-5-7(11)4-8(12)6-9/h4-6,13H,1-3H2. The van der Waals surface area contributed by atoms with Gasteiger partial charge in [0, 0.05) is 10.9 Å². The second-order valence-electron chi connectivity index (χ2n) is 3.12. The van der Waals surface area contributed by atoms with Crippen molar-refractivity contribution < 1.29 is 12.8 Å². The molecule has 0 fully saturated rings. The van der Waals surface area contributed by atoms with Crippen LogP contribution in [0.4, 0.5) is 10.1 Å². The average molecular weight is 286 g/mol. The highest BCUT2D eigenvalue weighted by Crippen LogP contribution is 2.19. The lowest BCUT2D eigenvalue weighted by molar-refractivity contribution is 0.600. The van der Waals surface area contributed by atoms with Gasteiger partial charge in [-0.15, -0.1) is 11.6 Å². The third-order valence-corrected chi connectivity index (χ3v) is 3.54. The number of benzene rings is 1. The fourth-order valence-corrected chi connectivity index (χ4v) is 2.71. The largest absolute Gasteiger partial charge is 0.283 e. The molecule has 1 rings (SSSR count). The van der Waals surface area contributed by atoms with Crippen molar-refractivity contribution in [1.29, 1.82) is 0 Å². The first-order chi connectivity index (χ1) is 7.43. The lowest BCUT2D eigenvalue weighted by atomic mass is 10.3. The predicted molar refractivity (Wildman–Crippen MR) is 64.2 cm³/mol. The van der Waals surface area contributed by atoms with Crippen LogP contribution in [-0.4, -0.2) is 20.1 Å². The van der Waals surface area contributed by atoms with Gasteiger partial charge in [-0.3, -0.25) is 4.72 Å². The zero-order valence-corrected chi connectivity index (χ0v) is 10.5. The molecule has 1 aromatic carbocycles. The Morgan fingerprint density at radius 3 is 2.56 bits per heavy atom. The van der Waals surface area contributed by atoms with Gasteiger partial charge in [0.15, 0.2) is 0 Å². The Morgan fingerprint density at radius 2 is 2.00 bits per heavy atom. The van der Waals surface area contributed by atoms with E-state index in [9.17, 15) is 12.8 Å². The van der Waals surface area contributed by atoms with Gasteiger partial charge in [0.2, 0.25) is 10.0 Å². The van der Waals surface area contributed by atoms with Crippen molar-refractivity contribution in [3.05, 3.63) is 29.0 Å². The molecule has 16 heavy (non-hydrogen) atoms. The van der Waals surface area contributed by atoms with Crippen LogP contribution in [0.3, 0.4) is 0 Å². The van der Waals surface area contributed by atoms with Gasteiger partial charge in [-0.05, 0) is 24.6 Å². The van der Waals surface area contributed by atoms with Gasteiger partial charge in [0.25, 0.3) is 0 Å². The molecule has 1 N–H and O–H groups in total. The molecule has 90 valence electrons. The Labute approximate surface area is 104 Å². The smallest absolute Gasteiger partial charge is 0.232 e. The minimum absolute atomic E-state index is 0.107. The molecule has 0 radical (unpaired) electrons. The van der Waals surface area contributed by atoms with E-state index < -0.39 is 15.8 Å². The van der Waals surface area contributed by atoms with Crippen molar-refractivity contribution in [1.82, 2.24) is 0 Å². The first kappa shape index (κ1) is 13.5. The number of sulfonamides is 1. The molecule has 0 spiro atoms. The molecule has 0 aliphatic heterocycles.